The van der Waals surface area contributed by atoms with E-state index < -0.39 is 0 Å². The van der Waals surface area contributed by atoms with Crippen LogP contribution in [0.4, 0.5) is 0 Å². The molecule has 0 aromatic carbocycles. The van der Waals surface area contributed by atoms with E-state index in [9.17, 15) is 4.79 Å². The minimum absolute atomic E-state index is 0.156. The Morgan fingerprint density at radius 3 is 2.35 bits per heavy atom. The summed E-state index contributed by atoms with van der Waals surface area (Å²) in [7, 11) is 0. The summed E-state index contributed by atoms with van der Waals surface area (Å²) in [6.45, 7) is 5.68. The summed E-state index contributed by atoms with van der Waals surface area (Å²) in [5.74, 6) is 1.05. The Bertz CT molecular complexity index is 388. The minimum Gasteiger partial charge on any atom is -0.396 e. The van der Waals surface area contributed by atoms with E-state index in [2.05, 4.69) is 19.2 Å². The number of aliphatic hydroxyl groups is 1. The third kappa shape index (κ3) is 2.61. The first-order valence-corrected chi connectivity index (χ1v) is 8.24. The van der Waals surface area contributed by atoms with Crippen LogP contribution in [0.25, 0.3) is 0 Å². The zero-order chi connectivity index (χ0) is 14.4. The molecule has 4 aliphatic rings. The van der Waals surface area contributed by atoms with E-state index in [4.69, 9.17) is 5.11 Å². The van der Waals surface area contributed by atoms with Crippen LogP contribution >= 0.6 is 0 Å². The molecule has 0 aromatic heterocycles. The van der Waals surface area contributed by atoms with Gasteiger partial charge in [0.2, 0.25) is 5.91 Å². The average Bonchev–Trinajstić information content (AvgIpc) is 2.22. The van der Waals surface area contributed by atoms with E-state index in [-0.39, 0.29) is 17.9 Å². The highest BCUT2D eigenvalue weighted by Gasteiger charge is 2.60. The Balaban J connectivity index is 1.68. The smallest absolute Gasteiger partial charge is 0.220 e. The fourth-order valence-electron chi connectivity index (χ4n) is 6.59. The first-order chi connectivity index (χ1) is 9.36. The van der Waals surface area contributed by atoms with Gasteiger partial charge in [-0.25, -0.2) is 0 Å². The molecule has 0 spiro atoms. The quantitative estimate of drug-likeness (QED) is 0.760. The largest absolute Gasteiger partial charge is 0.396 e. The fourth-order valence-corrected chi connectivity index (χ4v) is 6.59. The maximum absolute atomic E-state index is 12.2. The van der Waals surface area contributed by atoms with Crippen LogP contribution in [0, 0.1) is 22.2 Å². The molecule has 1 amide bonds. The molecule has 2 atom stereocenters. The lowest BCUT2D eigenvalue weighted by Crippen LogP contribution is -2.56. The molecule has 20 heavy (non-hydrogen) atoms. The molecule has 0 aromatic rings. The van der Waals surface area contributed by atoms with Gasteiger partial charge in [-0.2, -0.15) is 0 Å². The molecule has 4 fully saturated rings. The van der Waals surface area contributed by atoms with Gasteiger partial charge >= 0.3 is 0 Å². The third-order valence-corrected chi connectivity index (χ3v) is 5.93. The molecule has 114 valence electrons. The SMILES string of the molecule is CC12CC3CC(C)(C1)CC(CC(=O)NCCCO)(C3)C2. The lowest BCUT2D eigenvalue weighted by atomic mass is 9.40. The standard InChI is InChI=1S/C17H29NO2/c1-15-6-13-7-16(2,10-15)12-17(8-13,11-15)9-14(20)18-4-3-5-19/h13,19H,3-12H2,1-2H3,(H,18,20). The molecule has 3 nitrogen and oxygen atoms in total. The number of carbonyl (C=O) groups excluding carboxylic acids is 1. The summed E-state index contributed by atoms with van der Waals surface area (Å²) in [6, 6.07) is 0. The number of aliphatic hydroxyl groups excluding tert-OH is 1. The second-order valence-electron chi connectivity index (χ2n) is 8.73. The van der Waals surface area contributed by atoms with E-state index in [1.165, 1.54) is 38.5 Å². The van der Waals surface area contributed by atoms with Gasteiger partial charge in [-0.15, -0.1) is 0 Å². The van der Waals surface area contributed by atoms with Crippen LogP contribution in [0.15, 0.2) is 0 Å². The Hall–Kier alpha value is -0.570. The highest BCUT2D eigenvalue weighted by molar-refractivity contribution is 5.76. The lowest BCUT2D eigenvalue weighted by molar-refractivity contribution is -0.156. The van der Waals surface area contributed by atoms with E-state index in [1.807, 2.05) is 0 Å². The van der Waals surface area contributed by atoms with Crippen LogP contribution in [0.2, 0.25) is 0 Å². The normalized spacial score (nSPS) is 45.6. The van der Waals surface area contributed by atoms with Crippen molar-refractivity contribution in [3.63, 3.8) is 0 Å². The monoisotopic (exact) mass is 279 g/mol. The molecule has 0 radical (unpaired) electrons. The third-order valence-electron chi connectivity index (χ3n) is 5.93. The summed E-state index contributed by atoms with van der Waals surface area (Å²) in [5, 5.41) is 11.8. The van der Waals surface area contributed by atoms with Crippen LogP contribution in [0.5, 0.6) is 0 Å². The van der Waals surface area contributed by atoms with Gasteiger partial charge in [0.1, 0.15) is 0 Å². The van der Waals surface area contributed by atoms with Gasteiger partial charge in [0.05, 0.1) is 0 Å². The van der Waals surface area contributed by atoms with Crippen molar-refractivity contribution in [2.45, 2.75) is 65.2 Å². The maximum atomic E-state index is 12.2. The van der Waals surface area contributed by atoms with E-state index >= 15 is 0 Å². The number of rotatable bonds is 5. The van der Waals surface area contributed by atoms with Crippen molar-refractivity contribution in [1.82, 2.24) is 5.32 Å². The van der Waals surface area contributed by atoms with Crippen molar-refractivity contribution in [3.8, 4) is 0 Å². The summed E-state index contributed by atoms with van der Waals surface area (Å²) in [6.07, 6.45) is 9.28. The van der Waals surface area contributed by atoms with Gasteiger partial charge < -0.3 is 10.4 Å². The van der Waals surface area contributed by atoms with Crippen molar-refractivity contribution in [3.05, 3.63) is 0 Å². The van der Waals surface area contributed by atoms with Gasteiger partial charge in [0.15, 0.2) is 0 Å². The van der Waals surface area contributed by atoms with Crippen LogP contribution < -0.4 is 5.32 Å². The van der Waals surface area contributed by atoms with Gasteiger partial charge in [-0.3, -0.25) is 4.79 Å². The van der Waals surface area contributed by atoms with Gasteiger partial charge in [0.25, 0.3) is 0 Å². The van der Waals surface area contributed by atoms with Crippen molar-refractivity contribution in [1.29, 1.82) is 0 Å². The summed E-state index contributed by atoms with van der Waals surface area (Å²) in [4.78, 5) is 12.2. The van der Waals surface area contributed by atoms with Crippen LogP contribution in [-0.2, 0) is 4.79 Å². The number of hydrogen-bond acceptors (Lipinski definition) is 2. The fraction of sp³-hybridized carbons (Fsp3) is 0.941. The molecule has 0 heterocycles. The Morgan fingerprint density at radius 1 is 1.15 bits per heavy atom. The topological polar surface area (TPSA) is 49.3 Å². The molecule has 4 rings (SSSR count). The summed E-state index contributed by atoms with van der Waals surface area (Å²) < 4.78 is 0. The Labute approximate surface area is 122 Å². The number of nitrogens with one attached hydrogen (secondary N) is 1. The predicted octanol–water partition coefficient (Wildman–Crippen LogP) is 2.87. The second kappa shape index (κ2) is 4.72. The first kappa shape index (κ1) is 14.4. The molecule has 0 aliphatic heterocycles. The molecule has 3 heteroatoms. The van der Waals surface area contributed by atoms with Crippen molar-refractivity contribution in [2.75, 3.05) is 13.2 Å². The molecule has 2 N–H and O–H groups in total. The number of carbonyl (C=O) groups is 1. The van der Waals surface area contributed by atoms with E-state index in [0.717, 1.165) is 5.92 Å². The average molecular weight is 279 g/mol. The van der Waals surface area contributed by atoms with E-state index in [0.29, 0.717) is 30.2 Å². The molecule has 4 aliphatic carbocycles. The molecule has 0 saturated heterocycles. The highest BCUT2D eigenvalue weighted by Crippen LogP contribution is 2.70. The summed E-state index contributed by atoms with van der Waals surface area (Å²) >= 11 is 0. The minimum atomic E-state index is 0.156. The zero-order valence-corrected chi connectivity index (χ0v) is 13.0. The maximum Gasteiger partial charge on any atom is 0.220 e. The molecule has 2 unspecified atom stereocenters. The van der Waals surface area contributed by atoms with Gasteiger partial charge in [0, 0.05) is 19.6 Å². The van der Waals surface area contributed by atoms with Crippen LogP contribution in [0.1, 0.15) is 65.2 Å². The highest BCUT2D eigenvalue weighted by atomic mass is 16.3. The Morgan fingerprint density at radius 2 is 1.80 bits per heavy atom. The summed E-state index contributed by atoms with van der Waals surface area (Å²) in [5.41, 5.74) is 1.24. The predicted molar refractivity (Wildman–Crippen MR) is 79.2 cm³/mol. The van der Waals surface area contributed by atoms with Crippen molar-refractivity contribution >= 4 is 5.91 Å². The Kier molecular flexibility index (Phi) is 3.39. The lowest BCUT2D eigenvalue weighted by Gasteiger charge is -2.65. The molecular formula is C17H29NO2. The van der Waals surface area contributed by atoms with E-state index in [1.54, 1.807) is 0 Å². The van der Waals surface area contributed by atoms with Crippen molar-refractivity contribution in [2.24, 2.45) is 22.2 Å². The molecular weight excluding hydrogens is 250 g/mol. The van der Waals surface area contributed by atoms with Crippen LogP contribution in [0.3, 0.4) is 0 Å². The molecule has 4 saturated carbocycles. The zero-order valence-electron chi connectivity index (χ0n) is 13.0. The first-order valence-electron chi connectivity index (χ1n) is 8.24. The number of hydrogen-bond donors (Lipinski definition) is 2. The van der Waals surface area contributed by atoms with Crippen molar-refractivity contribution < 1.29 is 9.90 Å². The van der Waals surface area contributed by atoms with Gasteiger partial charge in [-0.1, -0.05) is 13.8 Å². The second-order valence-corrected chi connectivity index (χ2v) is 8.73. The number of amides is 1. The van der Waals surface area contributed by atoms with Gasteiger partial charge in [-0.05, 0) is 67.1 Å². The molecule has 4 bridgehead atoms. The van der Waals surface area contributed by atoms with Crippen LogP contribution in [-0.4, -0.2) is 24.2 Å².